The first kappa shape index (κ1) is 21.4. The molecule has 3 aromatic carbocycles. The number of carboxylic acid groups (broad SMARTS) is 1. The second kappa shape index (κ2) is 9.10. The Kier molecular flexibility index (Phi) is 6.28. The molecule has 5 nitrogen and oxygen atoms in total. The molecule has 4 rings (SSSR count). The fourth-order valence-electron chi connectivity index (χ4n) is 4.15. The largest absolute Gasteiger partial charge is 0.480 e. The highest BCUT2D eigenvalue weighted by molar-refractivity contribution is 7.99. The quantitative estimate of drug-likeness (QED) is 0.291. The predicted octanol–water partition coefficient (Wildman–Crippen LogP) is 6.56. The van der Waals surface area contributed by atoms with Crippen LogP contribution in [0.1, 0.15) is 33.6 Å². The van der Waals surface area contributed by atoms with E-state index < -0.39 is 12.0 Å². The molecule has 0 saturated carbocycles. The van der Waals surface area contributed by atoms with Gasteiger partial charge in [0.25, 0.3) is 0 Å². The highest BCUT2D eigenvalue weighted by Gasteiger charge is 2.23. The van der Waals surface area contributed by atoms with Crippen LogP contribution < -0.4 is 15.5 Å². The van der Waals surface area contributed by atoms with Gasteiger partial charge in [0.15, 0.2) is 0 Å². The van der Waals surface area contributed by atoms with Crippen molar-refractivity contribution in [2.75, 3.05) is 28.6 Å². The number of fused-ring (bicyclic) bond motifs is 4. The number of nitrogens with one attached hydrogen (secondary N) is 2. The van der Waals surface area contributed by atoms with E-state index in [2.05, 4.69) is 59.7 Å². The number of hydrogen-bond donors (Lipinski definition) is 3. The van der Waals surface area contributed by atoms with Gasteiger partial charge in [0, 0.05) is 45.0 Å². The first-order valence-corrected chi connectivity index (χ1v) is 11.8. The van der Waals surface area contributed by atoms with E-state index in [1.54, 1.807) is 11.8 Å². The molecule has 1 atom stereocenters. The lowest BCUT2D eigenvalue weighted by Gasteiger charge is -2.27. The normalized spacial score (nSPS) is 13.1. The van der Waals surface area contributed by atoms with Gasteiger partial charge in [-0.05, 0) is 44.5 Å². The van der Waals surface area contributed by atoms with Crippen LogP contribution in [0.15, 0.2) is 58.3 Å². The van der Waals surface area contributed by atoms with E-state index in [9.17, 15) is 9.90 Å². The van der Waals surface area contributed by atoms with E-state index in [1.165, 1.54) is 10.6 Å². The zero-order chi connectivity index (χ0) is 22.0. The Hall–Kier alpha value is -2.86. The van der Waals surface area contributed by atoms with Gasteiger partial charge in [-0.15, -0.1) is 0 Å². The Balaban J connectivity index is 1.77. The molecule has 1 aliphatic rings. The third kappa shape index (κ3) is 4.17. The second-order valence-electron chi connectivity index (χ2n) is 7.75. The van der Waals surface area contributed by atoms with E-state index in [0.717, 1.165) is 52.2 Å². The molecule has 0 bridgehead atoms. The van der Waals surface area contributed by atoms with Gasteiger partial charge in [-0.3, -0.25) is 0 Å². The van der Waals surface area contributed by atoms with Crippen molar-refractivity contribution in [3.8, 4) is 0 Å². The minimum absolute atomic E-state index is 0.586. The van der Waals surface area contributed by atoms with Crippen LogP contribution in [0, 0.1) is 0 Å². The van der Waals surface area contributed by atoms with Crippen LogP contribution in [0.3, 0.4) is 0 Å². The monoisotopic (exact) mass is 435 g/mol. The predicted molar refractivity (Wildman–Crippen MR) is 131 cm³/mol. The summed E-state index contributed by atoms with van der Waals surface area (Å²) >= 11 is 1.74. The number of aliphatic carboxylic acids is 1. The van der Waals surface area contributed by atoms with Crippen molar-refractivity contribution in [2.24, 2.45) is 0 Å². The van der Waals surface area contributed by atoms with Gasteiger partial charge < -0.3 is 20.6 Å². The molecule has 0 aromatic heterocycles. The van der Waals surface area contributed by atoms with Gasteiger partial charge in [0.2, 0.25) is 0 Å². The average molecular weight is 436 g/mol. The van der Waals surface area contributed by atoms with Crippen LogP contribution >= 0.6 is 11.8 Å². The molecular weight excluding hydrogens is 406 g/mol. The van der Waals surface area contributed by atoms with E-state index in [-0.39, 0.29) is 0 Å². The maximum atomic E-state index is 11.8. The molecule has 1 unspecified atom stereocenters. The third-order valence-electron chi connectivity index (χ3n) is 5.79. The molecule has 0 aliphatic carbocycles. The summed E-state index contributed by atoms with van der Waals surface area (Å²) in [7, 11) is 0. The smallest absolute Gasteiger partial charge is 0.326 e. The second-order valence-corrected chi connectivity index (χ2v) is 8.83. The molecule has 0 saturated heterocycles. The number of nitrogens with zero attached hydrogens (tertiary/aromatic N) is 1. The highest BCUT2D eigenvalue weighted by Crippen LogP contribution is 2.49. The molecular formula is C25H29N3O2S. The van der Waals surface area contributed by atoms with Gasteiger partial charge in [0.1, 0.15) is 6.04 Å². The van der Waals surface area contributed by atoms with Crippen molar-refractivity contribution in [3.63, 3.8) is 0 Å². The van der Waals surface area contributed by atoms with Crippen molar-refractivity contribution in [1.29, 1.82) is 0 Å². The van der Waals surface area contributed by atoms with E-state index in [1.807, 2.05) is 25.1 Å². The van der Waals surface area contributed by atoms with E-state index in [0.29, 0.717) is 6.42 Å². The number of carbonyl (C=O) groups is 1. The summed E-state index contributed by atoms with van der Waals surface area (Å²) in [4.78, 5) is 16.4. The molecule has 31 heavy (non-hydrogen) atoms. The zero-order valence-corrected chi connectivity index (χ0v) is 19.1. The topological polar surface area (TPSA) is 64.6 Å². The molecule has 162 valence electrons. The molecule has 3 aromatic rings. The fourth-order valence-corrected chi connectivity index (χ4v) is 5.24. The minimum atomic E-state index is -0.816. The van der Waals surface area contributed by atoms with Crippen LogP contribution in [0.4, 0.5) is 22.7 Å². The Morgan fingerprint density at radius 2 is 1.81 bits per heavy atom. The summed E-state index contributed by atoms with van der Waals surface area (Å²) in [6.07, 6.45) is 1.40. The lowest BCUT2D eigenvalue weighted by molar-refractivity contribution is -0.138. The van der Waals surface area contributed by atoms with Crippen molar-refractivity contribution in [3.05, 3.63) is 48.5 Å². The molecule has 3 N–H and O–H groups in total. The van der Waals surface area contributed by atoms with Crippen LogP contribution in [0.5, 0.6) is 0 Å². The SMILES string of the molecule is CCCC(Nc1cc2c(c3ccccc13)Nc1ccc(N(CC)CC)cc1S2)C(=O)O. The maximum Gasteiger partial charge on any atom is 0.326 e. The van der Waals surface area contributed by atoms with Crippen molar-refractivity contribution >= 4 is 51.3 Å². The summed E-state index contributed by atoms with van der Waals surface area (Å²) in [6.45, 7) is 8.28. The van der Waals surface area contributed by atoms with Gasteiger partial charge in [-0.1, -0.05) is 49.4 Å². The lowest BCUT2D eigenvalue weighted by Crippen LogP contribution is -2.29. The van der Waals surface area contributed by atoms with Crippen LogP contribution in [-0.2, 0) is 4.79 Å². The van der Waals surface area contributed by atoms with Crippen LogP contribution in [-0.4, -0.2) is 30.2 Å². The zero-order valence-electron chi connectivity index (χ0n) is 18.2. The molecule has 0 fully saturated rings. The first-order chi connectivity index (χ1) is 15.0. The van der Waals surface area contributed by atoms with Crippen molar-refractivity contribution in [1.82, 2.24) is 0 Å². The standard InChI is InChI=1S/C25H29N3O2S/c1-4-9-20(25(29)30)26-21-15-23-24(18-11-8-7-10-17(18)21)27-19-13-12-16(14-22(19)31-23)28(5-2)6-3/h7-8,10-15,20,26-27H,4-6,9H2,1-3H3,(H,29,30). The highest BCUT2D eigenvalue weighted by atomic mass is 32.2. The fraction of sp³-hybridized carbons (Fsp3) is 0.320. The maximum absolute atomic E-state index is 11.8. The Bertz CT molecular complexity index is 1110. The summed E-state index contributed by atoms with van der Waals surface area (Å²) < 4.78 is 0. The first-order valence-electron chi connectivity index (χ1n) is 10.9. The average Bonchev–Trinajstić information content (AvgIpc) is 2.78. The summed E-state index contributed by atoms with van der Waals surface area (Å²) in [5, 5.41) is 18.7. The molecule has 0 spiro atoms. The number of hydrogen-bond acceptors (Lipinski definition) is 5. The number of anilines is 4. The molecule has 1 heterocycles. The Morgan fingerprint density at radius 3 is 2.48 bits per heavy atom. The minimum Gasteiger partial charge on any atom is -0.480 e. The van der Waals surface area contributed by atoms with Gasteiger partial charge in [-0.2, -0.15) is 0 Å². The number of benzene rings is 3. The van der Waals surface area contributed by atoms with E-state index in [4.69, 9.17) is 0 Å². The number of carboxylic acids is 1. The van der Waals surface area contributed by atoms with E-state index >= 15 is 0 Å². The van der Waals surface area contributed by atoms with Crippen molar-refractivity contribution in [2.45, 2.75) is 49.4 Å². The van der Waals surface area contributed by atoms with Gasteiger partial charge >= 0.3 is 5.97 Å². The summed E-state index contributed by atoms with van der Waals surface area (Å²) in [5.41, 5.74) is 4.27. The third-order valence-corrected chi connectivity index (χ3v) is 6.89. The van der Waals surface area contributed by atoms with Crippen molar-refractivity contribution < 1.29 is 9.90 Å². The molecule has 0 radical (unpaired) electrons. The molecule has 6 heteroatoms. The number of rotatable bonds is 8. The van der Waals surface area contributed by atoms with Crippen LogP contribution in [0.2, 0.25) is 0 Å². The Labute approximate surface area is 187 Å². The summed E-state index contributed by atoms with van der Waals surface area (Å²) in [5.74, 6) is -0.816. The Morgan fingerprint density at radius 1 is 1.06 bits per heavy atom. The molecule has 0 amide bonds. The van der Waals surface area contributed by atoms with Crippen LogP contribution in [0.25, 0.3) is 10.8 Å². The lowest BCUT2D eigenvalue weighted by atomic mass is 10.0. The summed E-state index contributed by atoms with van der Waals surface area (Å²) in [6, 6.07) is 16.2. The molecule has 1 aliphatic heterocycles. The van der Waals surface area contributed by atoms with Gasteiger partial charge in [0.05, 0.1) is 11.4 Å². The van der Waals surface area contributed by atoms with Gasteiger partial charge in [-0.25, -0.2) is 4.79 Å².